The van der Waals surface area contributed by atoms with Crippen molar-refractivity contribution in [3.05, 3.63) is 22.2 Å². The van der Waals surface area contributed by atoms with Crippen molar-refractivity contribution >= 4 is 21.8 Å². The van der Waals surface area contributed by atoms with Crippen LogP contribution in [-0.4, -0.2) is 19.4 Å². The maximum absolute atomic E-state index is 5.57. The third kappa shape index (κ3) is 2.40. The van der Waals surface area contributed by atoms with Crippen LogP contribution in [0.4, 0.5) is 5.88 Å². The van der Waals surface area contributed by atoms with Gasteiger partial charge in [-0.15, -0.1) is 0 Å². The SMILES string of the molecule is CCc1cc(-c2cc(N)on2)c(OC)c(Br)c1OC. The lowest BCUT2D eigenvalue weighted by atomic mass is 10.0. The Balaban J connectivity index is 2.69. The van der Waals surface area contributed by atoms with Gasteiger partial charge in [0, 0.05) is 11.6 Å². The highest BCUT2D eigenvalue weighted by atomic mass is 79.9. The molecule has 2 aromatic rings. The molecule has 2 N–H and O–H groups in total. The van der Waals surface area contributed by atoms with E-state index in [9.17, 15) is 0 Å². The number of hydrogen-bond donors (Lipinski definition) is 1. The van der Waals surface area contributed by atoms with Gasteiger partial charge in [0.1, 0.15) is 21.7 Å². The number of methoxy groups -OCH3 is 2. The quantitative estimate of drug-likeness (QED) is 0.933. The molecule has 0 fully saturated rings. The minimum Gasteiger partial charge on any atom is -0.495 e. The zero-order valence-corrected chi connectivity index (χ0v) is 12.6. The van der Waals surface area contributed by atoms with E-state index >= 15 is 0 Å². The van der Waals surface area contributed by atoms with E-state index in [-0.39, 0.29) is 5.88 Å². The first-order chi connectivity index (χ1) is 9.12. The number of halogens is 1. The number of nitrogens with zero attached hydrogens (tertiary/aromatic N) is 1. The van der Waals surface area contributed by atoms with Crippen LogP contribution >= 0.6 is 15.9 Å². The van der Waals surface area contributed by atoms with Gasteiger partial charge in [0.05, 0.1) is 14.2 Å². The van der Waals surface area contributed by atoms with Crippen molar-refractivity contribution in [1.82, 2.24) is 5.16 Å². The lowest BCUT2D eigenvalue weighted by Gasteiger charge is -2.15. The predicted molar refractivity (Wildman–Crippen MR) is 76.5 cm³/mol. The van der Waals surface area contributed by atoms with Crippen LogP contribution in [0.25, 0.3) is 11.3 Å². The number of benzene rings is 1. The van der Waals surface area contributed by atoms with Gasteiger partial charge in [-0.3, -0.25) is 0 Å². The number of nitrogens with two attached hydrogens (primary N) is 1. The second-order valence-corrected chi connectivity index (χ2v) is 4.72. The molecule has 6 heteroatoms. The molecular weight excluding hydrogens is 312 g/mol. The molecule has 0 unspecified atom stereocenters. The average Bonchev–Trinajstić information content (AvgIpc) is 2.84. The van der Waals surface area contributed by atoms with E-state index in [2.05, 4.69) is 28.0 Å². The Morgan fingerprint density at radius 1 is 1.26 bits per heavy atom. The number of rotatable bonds is 4. The molecule has 0 aliphatic rings. The third-order valence-corrected chi connectivity index (χ3v) is 3.57. The summed E-state index contributed by atoms with van der Waals surface area (Å²) in [6, 6.07) is 3.63. The van der Waals surface area contributed by atoms with E-state index in [0.717, 1.165) is 27.8 Å². The summed E-state index contributed by atoms with van der Waals surface area (Å²) in [5.41, 5.74) is 8.06. The average molecular weight is 327 g/mol. The fourth-order valence-electron chi connectivity index (χ4n) is 1.96. The highest BCUT2D eigenvalue weighted by Crippen LogP contribution is 2.44. The van der Waals surface area contributed by atoms with Crippen molar-refractivity contribution < 1.29 is 14.0 Å². The van der Waals surface area contributed by atoms with Gasteiger partial charge in [-0.05, 0) is 34.0 Å². The number of anilines is 1. The normalized spacial score (nSPS) is 10.5. The molecule has 19 heavy (non-hydrogen) atoms. The van der Waals surface area contributed by atoms with Crippen molar-refractivity contribution in [2.24, 2.45) is 0 Å². The summed E-state index contributed by atoms with van der Waals surface area (Å²) >= 11 is 3.51. The summed E-state index contributed by atoms with van der Waals surface area (Å²) in [5, 5.41) is 3.92. The van der Waals surface area contributed by atoms with E-state index < -0.39 is 0 Å². The van der Waals surface area contributed by atoms with Crippen LogP contribution in [0.5, 0.6) is 11.5 Å². The number of hydrogen-bond acceptors (Lipinski definition) is 5. The Labute approximate surface area is 119 Å². The predicted octanol–water partition coefficient (Wildman–Crippen LogP) is 3.27. The van der Waals surface area contributed by atoms with Gasteiger partial charge in [-0.1, -0.05) is 12.1 Å². The fourth-order valence-corrected chi connectivity index (χ4v) is 2.75. The topological polar surface area (TPSA) is 70.5 Å². The molecule has 2 rings (SSSR count). The molecule has 0 atom stereocenters. The van der Waals surface area contributed by atoms with Crippen molar-refractivity contribution in [3.63, 3.8) is 0 Å². The molecule has 0 saturated carbocycles. The second kappa shape index (κ2) is 5.52. The highest BCUT2D eigenvalue weighted by molar-refractivity contribution is 9.10. The highest BCUT2D eigenvalue weighted by Gasteiger charge is 2.20. The zero-order chi connectivity index (χ0) is 14.0. The summed E-state index contributed by atoms with van der Waals surface area (Å²) in [4.78, 5) is 0. The summed E-state index contributed by atoms with van der Waals surface area (Å²) in [5.74, 6) is 1.67. The van der Waals surface area contributed by atoms with Crippen LogP contribution in [0.1, 0.15) is 12.5 Å². The molecule has 0 radical (unpaired) electrons. The van der Waals surface area contributed by atoms with Gasteiger partial charge in [-0.2, -0.15) is 0 Å². The van der Waals surface area contributed by atoms with Crippen molar-refractivity contribution in [2.75, 3.05) is 20.0 Å². The Hall–Kier alpha value is -1.69. The third-order valence-electron chi connectivity index (χ3n) is 2.85. The standard InChI is InChI=1S/C13H15BrN2O3/c1-4-7-5-8(9-6-10(15)19-16-9)13(18-3)11(14)12(7)17-2/h5-6H,4,15H2,1-3H3. The Morgan fingerprint density at radius 2 is 1.95 bits per heavy atom. The molecule has 1 aromatic carbocycles. The lowest BCUT2D eigenvalue weighted by Crippen LogP contribution is -1.97. The number of ether oxygens (including phenoxy) is 2. The van der Waals surface area contributed by atoms with Crippen LogP contribution in [0.2, 0.25) is 0 Å². The first kappa shape index (κ1) is 13.7. The fraction of sp³-hybridized carbons (Fsp3) is 0.308. The van der Waals surface area contributed by atoms with E-state index in [1.165, 1.54) is 0 Å². The van der Waals surface area contributed by atoms with Crippen LogP contribution in [0.3, 0.4) is 0 Å². The first-order valence-electron chi connectivity index (χ1n) is 5.78. The largest absolute Gasteiger partial charge is 0.495 e. The lowest BCUT2D eigenvalue weighted by molar-refractivity contribution is 0.387. The minimum absolute atomic E-state index is 0.266. The first-order valence-corrected chi connectivity index (χ1v) is 6.57. The van der Waals surface area contributed by atoms with Gasteiger partial charge >= 0.3 is 0 Å². The molecule has 0 aliphatic heterocycles. The van der Waals surface area contributed by atoms with Gasteiger partial charge in [0.15, 0.2) is 0 Å². The van der Waals surface area contributed by atoms with Gasteiger partial charge in [0.25, 0.3) is 0 Å². The van der Waals surface area contributed by atoms with Crippen molar-refractivity contribution in [3.8, 4) is 22.8 Å². The molecule has 5 nitrogen and oxygen atoms in total. The molecule has 0 saturated heterocycles. The van der Waals surface area contributed by atoms with Crippen LogP contribution in [-0.2, 0) is 6.42 Å². The number of aromatic nitrogens is 1. The van der Waals surface area contributed by atoms with E-state index in [4.69, 9.17) is 19.7 Å². The zero-order valence-electron chi connectivity index (χ0n) is 11.0. The second-order valence-electron chi connectivity index (χ2n) is 3.93. The summed E-state index contributed by atoms with van der Waals surface area (Å²) in [6.07, 6.45) is 0.825. The smallest absolute Gasteiger partial charge is 0.222 e. The van der Waals surface area contributed by atoms with E-state index in [0.29, 0.717) is 11.4 Å². The van der Waals surface area contributed by atoms with Crippen molar-refractivity contribution in [2.45, 2.75) is 13.3 Å². The monoisotopic (exact) mass is 326 g/mol. The maximum atomic E-state index is 5.57. The maximum Gasteiger partial charge on any atom is 0.222 e. The summed E-state index contributed by atoms with van der Waals surface area (Å²) in [6.45, 7) is 2.05. The number of nitrogen functional groups attached to an aromatic ring is 1. The molecule has 0 aliphatic carbocycles. The molecule has 1 heterocycles. The van der Waals surface area contributed by atoms with Crippen LogP contribution in [0, 0.1) is 0 Å². The Morgan fingerprint density at radius 3 is 2.42 bits per heavy atom. The Kier molecular flexibility index (Phi) is 3.99. The van der Waals surface area contributed by atoms with Crippen molar-refractivity contribution in [1.29, 1.82) is 0 Å². The summed E-state index contributed by atoms with van der Waals surface area (Å²) < 4.78 is 16.5. The van der Waals surface area contributed by atoms with Crippen LogP contribution < -0.4 is 15.2 Å². The van der Waals surface area contributed by atoms with E-state index in [1.54, 1.807) is 20.3 Å². The molecular formula is C13H15BrN2O3. The molecule has 0 spiro atoms. The van der Waals surface area contributed by atoms with Crippen LogP contribution in [0.15, 0.2) is 21.1 Å². The molecule has 0 amide bonds. The molecule has 0 bridgehead atoms. The number of aryl methyl sites for hydroxylation is 1. The van der Waals surface area contributed by atoms with Gasteiger partial charge in [0.2, 0.25) is 5.88 Å². The van der Waals surface area contributed by atoms with Gasteiger partial charge in [-0.25, -0.2) is 0 Å². The van der Waals surface area contributed by atoms with E-state index in [1.807, 2.05) is 6.07 Å². The molecule has 1 aromatic heterocycles. The molecule has 102 valence electrons. The Bertz CT molecular complexity index is 596. The minimum atomic E-state index is 0.266. The van der Waals surface area contributed by atoms with Gasteiger partial charge < -0.3 is 19.7 Å². The summed E-state index contributed by atoms with van der Waals surface area (Å²) in [7, 11) is 3.23.